The molecule has 0 aromatic heterocycles. The van der Waals surface area contributed by atoms with Gasteiger partial charge in [-0.3, -0.25) is 0 Å². The van der Waals surface area contributed by atoms with E-state index in [1.165, 1.54) is 16.9 Å². The van der Waals surface area contributed by atoms with Crippen LogP contribution in [0.2, 0.25) is 0 Å². The summed E-state index contributed by atoms with van der Waals surface area (Å²) in [4.78, 5) is 2.31. The Morgan fingerprint density at radius 2 is 1.52 bits per heavy atom. The maximum absolute atomic E-state index is 6.44. The van der Waals surface area contributed by atoms with Gasteiger partial charge in [0, 0.05) is 29.5 Å². The zero-order valence-electron chi connectivity index (χ0n) is 15.3. The zero-order valence-corrected chi connectivity index (χ0v) is 15.3. The molecule has 0 aliphatic carbocycles. The van der Waals surface area contributed by atoms with Crippen LogP contribution in [0.5, 0.6) is 0 Å². The van der Waals surface area contributed by atoms with Gasteiger partial charge in [-0.05, 0) is 61.0 Å². The van der Waals surface area contributed by atoms with E-state index < -0.39 is 0 Å². The van der Waals surface area contributed by atoms with Crippen LogP contribution in [0.15, 0.2) is 78.9 Å². The zero-order chi connectivity index (χ0) is 18.2. The van der Waals surface area contributed by atoms with Crippen molar-refractivity contribution < 1.29 is 0 Å². The first-order valence-corrected chi connectivity index (χ1v) is 9.62. The fraction of sp³-hybridized carbons (Fsp3) is 0.217. The largest absolute Gasteiger partial charge is 0.316 e. The van der Waals surface area contributed by atoms with Crippen molar-refractivity contribution >= 4 is 22.7 Å². The lowest BCUT2D eigenvalue weighted by Gasteiger charge is -2.30. The number of piperidine rings is 1. The standard InChI is InChI=1S/C23H24N4/c24-27-22-12-11-19(15-20(22)21-16-25-14-13-23(21)27)26(17-7-3-1-4-8-17)18-9-5-2-6-10-18/h1-12,15,21,23,25H,13-14,16,24H2. The first-order chi connectivity index (χ1) is 13.3. The summed E-state index contributed by atoms with van der Waals surface area (Å²) in [6.45, 7) is 2.03. The van der Waals surface area contributed by atoms with Gasteiger partial charge in [0.05, 0.1) is 11.7 Å². The normalized spacial score (nSPS) is 20.9. The van der Waals surface area contributed by atoms with Crippen LogP contribution in [-0.2, 0) is 0 Å². The first-order valence-electron chi connectivity index (χ1n) is 9.62. The molecule has 2 atom stereocenters. The number of hydrogen-bond acceptors (Lipinski definition) is 4. The van der Waals surface area contributed by atoms with E-state index in [1.807, 2.05) is 5.01 Å². The molecule has 0 amide bonds. The van der Waals surface area contributed by atoms with Crippen molar-refractivity contribution in [1.29, 1.82) is 0 Å². The topological polar surface area (TPSA) is 44.5 Å². The molecule has 0 spiro atoms. The molecule has 3 aromatic rings. The molecule has 136 valence electrons. The number of nitrogens with two attached hydrogens (primary N) is 1. The van der Waals surface area contributed by atoms with E-state index in [9.17, 15) is 0 Å². The Kier molecular flexibility index (Phi) is 4.07. The van der Waals surface area contributed by atoms with E-state index in [0.717, 1.165) is 30.9 Å². The smallest absolute Gasteiger partial charge is 0.0558 e. The summed E-state index contributed by atoms with van der Waals surface area (Å²) in [6.07, 6.45) is 1.09. The molecule has 2 aliphatic heterocycles. The highest BCUT2D eigenvalue weighted by Gasteiger charge is 2.39. The Balaban J connectivity index is 1.62. The quantitative estimate of drug-likeness (QED) is 0.687. The molecule has 27 heavy (non-hydrogen) atoms. The number of nitrogens with zero attached hydrogens (tertiary/aromatic N) is 2. The van der Waals surface area contributed by atoms with Gasteiger partial charge in [-0.25, -0.2) is 5.84 Å². The Labute approximate surface area is 160 Å². The third-order valence-electron chi connectivity index (χ3n) is 5.78. The van der Waals surface area contributed by atoms with Gasteiger partial charge < -0.3 is 15.2 Å². The fourth-order valence-electron chi connectivity index (χ4n) is 4.49. The molecule has 1 saturated heterocycles. The lowest BCUT2D eigenvalue weighted by atomic mass is 9.90. The molecule has 5 rings (SSSR count). The Bertz CT molecular complexity index is 886. The van der Waals surface area contributed by atoms with Crippen LogP contribution in [0.3, 0.4) is 0 Å². The van der Waals surface area contributed by atoms with Crippen molar-refractivity contribution in [3.05, 3.63) is 84.4 Å². The van der Waals surface area contributed by atoms with Gasteiger partial charge in [0.25, 0.3) is 0 Å². The van der Waals surface area contributed by atoms with Gasteiger partial charge in [0.1, 0.15) is 0 Å². The van der Waals surface area contributed by atoms with E-state index in [4.69, 9.17) is 5.84 Å². The summed E-state index contributed by atoms with van der Waals surface area (Å²) in [5.41, 5.74) is 6.00. The van der Waals surface area contributed by atoms with Gasteiger partial charge in [-0.2, -0.15) is 0 Å². The maximum atomic E-state index is 6.44. The summed E-state index contributed by atoms with van der Waals surface area (Å²) in [5, 5.41) is 5.52. The summed E-state index contributed by atoms with van der Waals surface area (Å²) in [5.74, 6) is 6.89. The highest BCUT2D eigenvalue weighted by atomic mass is 15.4. The average molecular weight is 356 g/mol. The number of hydrogen-bond donors (Lipinski definition) is 2. The molecule has 0 radical (unpaired) electrons. The van der Waals surface area contributed by atoms with E-state index in [2.05, 4.69) is 89.1 Å². The van der Waals surface area contributed by atoms with Crippen LogP contribution >= 0.6 is 0 Å². The highest BCUT2D eigenvalue weighted by molar-refractivity contribution is 5.79. The van der Waals surface area contributed by atoms with Crippen molar-refractivity contribution in [2.75, 3.05) is 23.0 Å². The number of anilines is 4. The van der Waals surface area contributed by atoms with E-state index in [0.29, 0.717) is 12.0 Å². The molecule has 4 heteroatoms. The number of rotatable bonds is 3. The SMILES string of the molecule is NN1c2ccc(N(c3ccccc3)c3ccccc3)cc2C2CNCCC21. The second-order valence-corrected chi connectivity index (χ2v) is 7.32. The molecule has 3 N–H and O–H groups in total. The van der Waals surface area contributed by atoms with Crippen LogP contribution in [-0.4, -0.2) is 19.1 Å². The van der Waals surface area contributed by atoms with Crippen LogP contribution in [0.1, 0.15) is 17.9 Å². The molecule has 2 aliphatic rings. The fourth-order valence-corrected chi connectivity index (χ4v) is 4.49. The summed E-state index contributed by atoms with van der Waals surface area (Å²) in [6, 6.07) is 28.2. The minimum absolute atomic E-state index is 0.401. The number of nitrogens with one attached hydrogen (secondary N) is 1. The lowest BCUT2D eigenvalue weighted by Crippen LogP contribution is -2.47. The third kappa shape index (κ3) is 2.78. The molecule has 4 nitrogen and oxygen atoms in total. The molecule has 0 bridgehead atoms. The molecule has 2 heterocycles. The number of fused-ring (bicyclic) bond motifs is 3. The molecule has 1 fully saturated rings. The van der Waals surface area contributed by atoms with Crippen LogP contribution in [0, 0.1) is 0 Å². The van der Waals surface area contributed by atoms with Gasteiger partial charge >= 0.3 is 0 Å². The Hall–Kier alpha value is -2.82. The Morgan fingerprint density at radius 3 is 2.19 bits per heavy atom. The highest BCUT2D eigenvalue weighted by Crippen LogP contribution is 2.45. The van der Waals surface area contributed by atoms with Crippen molar-refractivity contribution in [2.24, 2.45) is 5.84 Å². The van der Waals surface area contributed by atoms with Crippen molar-refractivity contribution in [2.45, 2.75) is 18.4 Å². The molecular weight excluding hydrogens is 332 g/mol. The molecule has 3 aromatic carbocycles. The second-order valence-electron chi connectivity index (χ2n) is 7.32. The van der Waals surface area contributed by atoms with Gasteiger partial charge in [0.2, 0.25) is 0 Å². The molecule has 2 unspecified atom stereocenters. The predicted octanol–water partition coefficient (Wildman–Crippen LogP) is 4.30. The number of para-hydroxylation sites is 2. The first kappa shape index (κ1) is 16.4. The van der Waals surface area contributed by atoms with E-state index in [-0.39, 0.29) is 0 Å². The third-order valence-corrected chi connectivity index (χ3v) is 5.78. The monoisotopic (exact) mass is 356 g/mol. The molecule has 0 saturated carbocycles. The van der Waals surface area contributed by atoms with Crippen LogP contribution in [0.25, 0.3) is 0 Å². The predicted molar refractivity (Wildman–Crippen MR) is 112 cm³/mol. The summed E-state index contributed by atoms with van der Waals surface area (Å²) in [7, 11) is 0. The Morgan fingerprint density at radius 1 is 0.852 bits per heavy atom. The van der Waals surface area contributed by atoms with Gasteiger partial charge in [-0.15, -0.1) is 0 Å². The second kappa shape index (κ2) is 6.72. The summed E-state index contributed by atoms with van der Waals surface area (Å²) >= 11 is 0. The van der Waals surface area contributed by atoms with Crippen molar-refractivity contribution in [3.8, 4) is 0 Å². The van der Waals surface area contributed by atoms with Crippen molar-refractivity contribution in [3.63, 3.8) is 0 Å². The maximum Gasteiger partial charge on any atom is 0.0558 e. The van der Waals surface area contributed by atoms with E-state index >= 15 is 0 Å². The number of benzene rings is 3. The van der Waals surface area contributed by atoms with Crippen LogP contribution < -0.4 is 21.1 Å². The minimum Gasteiger partial charge on any atom is -0.316 e. The van der Waals surface area contributed by atoms with Crippen molar-refractivity contribution in [1.82, 2.24) is 5.32 Å². The van der Waals surface area contributed by atoms with Gasteiger partial charge in [0.15, 0.2) is 0 Å². The lowest BCUT2D eigenvalue weighted by molar-refractivity contribution is 0.405. The summed E-state index contributed by atoms with van der Waals surface area (Å²) < 4.78 is 0. The van der Waals surface area contributed by atoms with E-state index in [1.54, 1.807) is 0 Å². The van der Waals surface area contributed by atoms with Crippen LogP contribution in [0.4, 0.5) is 22.7 Å². The molecular formula is C23H24N4. The number of hydrazine groups is 1. The minimum atomic E-state index is 0.401. The average Bonchev–Trinajstić information content (AvgIpc) is 3.02. The van der Waals surface area contributed by atoms with Gasteiger partial charge in [-0.1, -0.05) is 36.4 Å².